The third-order valence-electron chi connectivity index (χ3n) is 2.94. The summed E-state index contributed by atoms with van der Waals surface area (Å²) in [5.41, 5.74) is 6.86. The molecular weight excluding hydrogens is 274 g/mol. The summed E-state index contributed by atoms with van der Waals surface area (Å²) in [4.78, 5) is 2.18. The van der Waals surface area contributed by atoms with Crippen LogP contribution in [0.25, 0.3) is 0 Å². The molecule has 0 bridgehead atoms. The molecule has 0 atom stereocenters. The van der Waals surface area contributed by atoms with E-state index in [0.29, 0.717) is 6.54 Å². The predicted octanol–water partition coefficient (Wildman–Crippen LogP) is 1.44. The van der Waals surface area contributed by atoms with Crippen LogP contribution < -0.4 is 10.5 Å². The standard InChI is InChI=1S/C14H25N3O2S/c1-11-6-7-13(12(15)8-11)20(18,19)16-9-14(2,3)10-17(4)5/h6-8,16H,9-10,15H2,1-5H3. The first-order chi connectivity index (χ1) is 9.03. The van der Waals surface area contributed by atoms with E-state index in [1.54, 1.807) is 18.2 Å². The predicted molar refractivity (Wildman–Crippen MR) is 83.1 cm³/mol. The summed E-state index contributed by atoms with van der Waals surface area (Å²) < 4.78 is 27.2. The Bertz CT molecular complexity index is 566. The Kier molecular flexibility index (Phi) is 5.18. The Morgan fingerprint density at radius 2 is 1.90 bits per heavy atom. The van der Waals surface area contributed by atoms with E-state index in [2.05, 4.69) is 4.72 Å². The van der Waals surface area contributed by atoms with E-state index in [9.17, 15) is 8.42 Å². The maximum Gasteiger partial charge on any atom is 0.242 e. The third kappa shape index (κ3) is 4.77. The number of rotatable bonds is 6. The molecule has 0 aliphatic carbocycles. The molecule has 20 heavy (non-hydrogen) atoms. The fourth-order valence-corrected chi connectivity index (χ4v) is 3.55. The molecule has 114 valence electrons. The molecule has 6 heteroatoms. The normalized spacial score (nSPS) is 12.9. The number of anilines is 1. The van der Waals surface area contributed by atoms with Gasteiger partial charge in [-0.15, -0.1) is 0 Å². The molecule has 1 aromatic carbocycles. The largest absolute Gasteiger partial charge is 0.398 e. The molecule has 0 aliphatic heterocycles. The molecule has 5 nitrogen and oxygen atoms in total. The smallest absolute Gasteiger partial charge is 0.242 e. The molecule has 0 heterocycles. The topological polar surface area (TPSA) is 75.4 Å². The van der Waals surface area contributed by atoms with Gasteiger partial charge in [-0.1, -0.05) is 19.9 Å². The minimum atomic E-state index is -3.57. The van der Waals surface area contributed by atoms with Crippen LogP contribution in [0.5, 0.6) is 0 Å². The first-order valence-electron chi connectivity index (χ1n) is 6.54. The Hall–Kier alpha value is -1.11. The summed E-state index contributed by atoms with van der Waals surface area (Å²) >= 11 is 0. The second-order valence-electron chi connectivity index (χ2n) is 6.27. The van der Waals surface area contributed by atoms with E-state index in [1.807, 2.05) is 39.8 Å². The van der Waals surface area contributed by atoms with Crippen molar-refractivity contribution in [1.82, 2.24) is 9.62 Å². The minimum Gasteiger partial charge on any atom is -0.398 e. The Morgan fingerprint density at radius 1 is 1.30 bits per heavy atom. The molecule has 0 aliphatic rings. The van der Waals surface area contributed by atoms with Crippen LogP contribution in [-0.4, -0.2) is 40.5 Å². The van der Waals surface area contributed by atoms with Crippen molar-refractivity contribution in [2.24, 2.45) is 5.41 Å². The fraction of sp³-hybridized carbons (Fsp3) is 0.571. The second kappa shape index (κ2) is 6.11. The number of nitrogens with two attached hydrogens (primary N) is 1. The quantitative estimate of drug-likeness (QED) is 0.780. The molecule has 0 fully saturated rings. The zero-order valence-corrected chi connectivity index (χ0v) is 13.7. The van der Waals surface area contributed by atoms with Gasteiger partial charge in [0, 0.05) is 13.1 Å². The number of nitrogens with zero attached hydrogens (tertiary/aromatic N) is 1. The summed E-state index contributed by atoms with van der Waals surface area (Å²) in [6, 6.07) is 4.96. The van der Waals surface area contributed by atoms with Gasteiger partial charge < -0.3 is 10.6 Å². The van der Waals surface area contributed by atoms with Gasteiger partial charge in [-0.3, -0.25) is 0 Å². The SMILES string of the molecule is Cc1ccc(S(=O)(=O)NCC(C)(C)CN(C)C)c(N)c1. The van der Waals surface area contributed by atoms with Crippen LogP contribution in [0.1, 0.15) is 19.4 Å². The highest BCUT2D eigenvalue weighted by Gasteiger charge is 2.24. The lowest BCUT2D eigenvalue weighted by Crippen LogP contribution is -2.40. The number of nitrogen functional groups attached to an aromatic ring is 1. The van der Waals surface area contributed by atoms with Gasteiger partial charge in [0.25, 0.3) is 0 Å². The summed E-state index contributed by atoms with van der Waals surface area (Å²) in [6.07, 6.45) is 0. The van der Waals surface area contributed by atoms with E-state index < -0.39 is 10.0 Å². The molecule has 1 rings (SSSR count). The monoisotopic (exact) mass is 299 g/mol. The maximum atomic E-state index is 12.3. The lowest BCUT2D eigenvalue weighted by molar-refractivity contribution is 0.242. The van der Waals surface area contributed by atoms with Gasteiger partial charge in [-0.05, 0) is 44.1 Å². The summed E-state index contributed by atoms with van der Waals surface area (Å²) in [6.45, 7) is 7.07. The molecule has 0 spiro atoms. The number of sulfonamides is 1. The molecule has 0 unspecified atom stereocenters. The average Bonchev–Trinajstić information content (AvgIpc) is 2.24. The van der Waals surface area contributed by atoms with E-state index in [4.69, 9.17) is 5.73 Å². The van der Waals surface area contributed by atoms with Crippen molar-refractivity contribution in [2.75, 3.05) is 32.9 Å². The van der Waals surface area contributed by atoms with Crippen LogP contribution in [0.15, 0.2) is 23.1 Å². The number of aryl methyl sites for hydroxylation is 1. The van der Waals surface area contributed by atoms with Crippen molar-refractivity contribution in [3.05, 3.63) is 23.8 Å². The Balaban J connectivity index is 2.85. The van der Waals surface area contributed by atoms with Gasteiger partial charge in [0.15, 0.2) is 0 Å². The van der Waals surface area contributed by atoms with Crippen molar-refractivity contribution in [3.63, 3.8) is 0 Å². The molecular formula is C14H25N3O2S. The van der Waals surface area contributed by atoms with Crippen LogP contribution in [0.2, 0.25) is 0 Å². The molecule has 0 saturated carbocycles. The van der Waals surface area contributed by atoms with Gasteiger partial charge in [0.05, 0.1) is 5.69 Å². The molecule has 0 aromatic heterocycles. The highest BCUT2D eigenvalue weighted by Crippen LogP contribution is 2.21. The Labute approximate surface area is 122 Å². The van der Waals surface area contributed by atoms with Gasteiger partial charge in [-0.2, -0.15) is 0 Å². The lowest BCUT2D eigenvalue weighted by Gasteiger charge is -2.28. The lowest BCUT2D eigenvalue weighted by atomic mass is 9.93. The van der Waals surface area contributed by atoms with Gasteiger partial charge >= 0.3 is 0 Å². The van der Waals surface area contributed by atoms with E-state index in [-0.39, 0.29) is 16.0 Å². The maximum absolute atomic E-state index is 12.3. The first-order valence-corrected chi connectivity index (χ1v) is 8.02. The van der Waals surface area contributed by atoms with Crippen molar-refractivity contribution >= 4 is 15.7 Å². The zero-order chi connectivity index (χ0) is 15.6. The summed E-state index contributed by atoms with van der Waals surface area (Å²) in [5.74, 6) is 0. The van der Waals surface area contributed by atoms with Gasteiger partial charge in [0.2, 0.25) is 10.0 Å². The number of hydrogen-bond donors (Lipinski definition) is 2. The number of benzene rings is 1. The molecule has 0 radical (unpaired) electrons. The number of nitrogens with one attached hydrogen (secondary N) is 1. The van der Waals surface area contributed by atoms with Crippen LogP contribution in [-0.2, 0) is 10.0 Å². The highest BCUT2D eigenvalue weighted by atomic mass is 32.2. The van der Waals surface area contributed by atoms with Crippen molar-refractivity contribution < 1.29 is 8.42 Å². The summed E-state index contributed by atoms with van der Waals surface area (Å²) in [7, 11) is 0.363. The van der Waals surface area contributed by atoms with Crippen molar-refractivity contribution in [3.8, 4) is 0 Å². The van der Waals surface area contributed by atoms with Crippen LogP contribution in [0.3, 0.4) is 0 Å². The zero-order valence-electron chi connectivity index (χ0n) is 12.9. The van der Waals surface area contributed by atoms with Crippen LogP contribution in [0.4, 0.5) is 5.69 Å². The highest BCUT2D eigenvalue weighted by molar-refractivity contribution is 7.89. The van der Waals surface area contributed by atoms with Crippen LogP contribution in [0, 0.1) is 12.3 Å². The van der Waals surface area contributed by atoms with E-state index in [0.717, 1.165) is 12.1 Å². The number of hydrogen-bond acceptors (Lipinski definition) is 4. The Morgan fingerprint density at radius 3 is 2.40 bits per heavy atom. The minimum absolute atomic E-state index is 0.142. The molecule has 0 amide bonds. The molecule has 3 N–H and O–H groups in total. The third-order valence-corrected chi connectivity index (χ3v) is 4.41. The summed E-state index contributed by atoms with van der Waals surface area (Å²) in [5, 5.41) is 0. The fourth-order valence-electron chi connectivity index (χ4n) is 2.19. The average molecular weight is 299 g/mol. The van der Waals surface area contributed by atoms with Crippen LogP contribution >= 0.6 is 0 Å². The molecule has 1 aromatic rings. The second-order valence-corrected chi connectivity index (χ2v) is 8.00. The van der Waals surface area contributed by atoms with Crippen molar-refractivity contribution in [1.29, 1.82) is 0 Å². The van der Waals surface area contributed by atoms with Gasteiger partial charge in [0.1, 0.15) is 4.90 Å². The molecule has 0 saturated heterocycles. The van der Waals surface area contributed by atoms with Crippen molar-refractivity contribution in [2.45, 2.75) is 25.7 Å². The van der Waals surface area contributed by atoms with E-state index >= 15 is 0 Å². The van der Waals surface area contributed by atoms with E-state index in [1.165, 1.54) is 0 Å². The first kappa shape index (κ1) is 16.9. The van der Waals surface area contributed by atoms with Gasteiger partial charge in [-0.25, -0.2) is 13.1 Å².